The first-order valence-corrected chi connectivity index (χ1v) is 7.28. The number of hydrogen-bond acceptors (Lipinski definition) is 3. The van der Waals surface area contributed by atoms with Crippen molar-refractivity contribution in [1.82, 2.24) is 10.2 Å². The van der Waals surface area contributed by atoms with Gasteiger partial charge in [0.15, 0.2) is 0 Å². The van der Waals surface area contributed by atoms with Crippen LogP contribution in [-0.2, 0) is 4.74 Å². The lowest BCUT2D eigenvalue weighted by molar-refractivity contribution is 0.0167. The molecule has 0 amide bonds. The summed E-state index contributed by atoms with van der Waals surface area (Å²) < 4.78 is 5.44. The van der Waals surface area contributed by atoms with Crippen molar-refractivity contribution in [1.29, 1.82) is 0 Å². The number of rotatable bonds is 4. The number of ether oxygens (including phenoxy) is 1. The Bertz CT molecular complexity index is 218. The molecule has 0 atom stereocenters. The van der Waals surface area contributed by atoms with Gasteiger partial charge in [-0.15, -0.1) is 0 Å². The zero-order valence-electron chi connectivity index (χ0n) is 11.5. The molecule has 0 aromatic rings. The topological polar surface area (TPSA) is 24.5 Å². The van der Waals surface area contributed by atoms with Crippen LogP contribution in [0, 0.1) is 0 Å². The van der Waals surface area contributed by atoms with E-state index in [1.165, 1.54) is 38.6 Å². The maximum atomic E-state index is 5.44. The molecular weight excluding hydrogens is 212 g/mol. The van der Waals surface area contributed by atoms with Crippen LogP contribution in [0.2, 0.25) is 0 Å². The van der Waals surface area contributed by atoms with E-state index >= 15 is 0 Å². The van der Waals surface area contributed by atoms with Crippen LogP contribution in [0.1, 0.15) is 46.0 Å². The molecule has 0 unspecified atom stereocenters. The van der Waals surface area contributed by atoms with Gasteiger partial charge in [0, 0.05) is 31.2 Å². The number of nitrogens with one attached hydrogen (secondary N) is 1. The zero-order chi connectivity index (χ0) is 12.1. The van der Waals surface area contributed by atoms with E-state index in [0.29, 0.717) is 11.6 Å². The first-order valence-electron chi connectivity index (χ1n) is 7.28. The van der Waals surface area contributed by atoms with Gasteiger partial charge in [-0.25, -0.2) is 0 Å². The SMILES string of the molecule is CC(C)NC1(CN2CCOCC2)CCCCC1. The quantitative estimate of drug-likeness (QED) is 0.813. The largest absolute Gasteiger partial charge is 0.379 e. The van der Waals surface area contributed by atoms with Crippen molar-refractivity contribution < 1.29 is 4.74 Å². The Morgan fingerprint density at radius 3 is 2.35 bits per heavy atom. The normalized spacial score (nSPS) is 26.3. The van der Waals surface area contributed by atoms with Crippen molar-refractivity contribution in [3.8, 4) is 0 Å². The average molecular weight is 240 g/mol. The second-order valence-electron chi connectivity index (χ2n) is 6.03. The van der Waals surface area contributed by atoms with Crippen LogP contribution in [-0.4, -0.2) is 49.3 Å². The molecule has 1 aliphatic carbocycles. The molecule has 1 saturated carbocycles. The van der Waals surface area contributed by atoms with E-state index in [4.69, 9.17) is 4.74 Å². The van der Waals surface area contributed by atoms with E-state index in [1.54, 1.807) is 0 Å². The first kappa shape index (κ1) is 13.3. The predicted octanol–water partition coefficient (Wildman–Crippen LogP) is 2.02. The molecule has 2 rings (SSSR count). The molecule has 2 fully saturated rings. The molecule has 100 valence electrons. The highest BCUT2D eigenvalue weighted by atomic mass is 16.5. The highest BCUT2D eigenvalue weighted by Crippen LogP contribution is 2.29. The lowest BCUT2D eigenvalue weighted by atomic mass is 9.80. The summed E-state index contributed by atoms with van der Waals surface area (Å²) >= 11 is 0. The summed E-state index contributed by atoms with van der Waals surface area (Å²) in [5.74, 6) is 0. The third-order valence-corrected chi connectivity index (χ3v) is 4.04. The minimum atomic E-state index is 0.379. The maximum absolute atomic E-state index is 5.44. The number of nitrogens with zero attached hydrogens (tertiary/aromatic N) is 1. The Hall–Kier alpha value is -0.120. The van der Waals surface area contributed by atoms with Gasteiger partial charge in [-0.05, 0) is 12.8 Å². The van der Waals surface area contributed by atoms with E-state index < -0.39 is 0 Å². The van der Waals surface area contributed by atoms with Gasteiger partial charge in [0.25, 0.3) is 0 Å². The summed E-state index contributed by atoms with van der Waals surface area (Å²) in [5.41, 5.74) is 0.379. The first-order chi connectivity index (χ1) is 8.20. The molecule has 1 aliphatic heterocycles. The second-order valence-corrected chi connectivity index (χ2v) is 6.03. The maximum Gasteiger partial charge on any atom is 0.0594 e. The minimum absolute atomic E-state index is 0.379. The van der Waals surface area contributed by atoms with Crippen LogP contribution in [0.25, 0.3) is 0 Å². The van der Waals surface area contributed by atoms with E-state index in [9.17, 15) is 0 Å². The Morgan fingerprint density at radius 2 is 1.76 bits per heavy atom. The Labute approximate surface area is 106 Å². The van der Waals surface area contributed by atoms with Crippen LogP contribution in [0.4, 0.5) is 0 Å². The average Bonchev–Trinajstić information content (AvgIpc) is 2.30. The van der Waals surface area contributed by atoms with Crippen LogP contribution >= 0.6 is 0 Å². The van der Waals surface area contributed by atoms with Gasteiger partial charge in [-0.2, -0.15) is 0 Å². The summed E-state index contributed by atoms with van der Waals surface area (Å²) in [4.78, 5) is 2.59. The van der Waals surface area contributed by atoms with Gasteiger partial charge < -0.3 is 10.1 Å². The van der Waals surface area contributed by atoms with E-state index in [-0.39, 0.29) is 0 Å². The standard InChI is InChI=1S/C14H28N2O/c1-13(2)15-14(6-4-3-5-7-14)12-16-8-10-17-11-9-16/h13,15H,3-12H2,1-2H3. The molecule has 0 radical (unpaired) electrons. The smallest absolute Gasteiger partial charge is 0.0594 e. The third kappa shape index (κ3) is 3.94. The fourth-order valence-corrected chi connectivity index (χ4v) is 3.38. The summed E-state index contributed by atoms with van der Waals surface area (Å²) in [6, 6.07) is 0.592. The van der Waals surface area contributed by atoms with Crippen LogP contribution < -0.4 is 5.32 Å². The van der Waals surface area contributed by atoms with Crippen LogP contribution in [0.3, 0.4) is 0 Å². The number of hydrogen-bond donors (Lipinski definition) is 1. The molecule has 3 nitrogen and oxygen atoms in total. The van der Waals surface area contributed by atoms with Crippen molar-refractivity contribution in [2.45, 2.75) is 57.5 Å². The molecule has 1 N–H and O–H groups in total. The lowest BCUT2D eigenvalue weighted by Gasteiger charge is -2.44. The Balaban J connectivity index is 1.93. The molecule has 3 heteroatoms. The fourth-order valence-electron chi connectivity index (χ4n) is 3.38. The molecule has 0 spiro atoms. The van der Waals surface area contributed by atoms with Crippen molar-refractivity contribution in [3.63, 3.8) is 0 Å². The highest BCUT2D eigenvalue weighted by Gasteiger charge is 2.34. The van der Waals surface area contributed by atoms with E-state index in [0.717, 1.165) is 26.3 Å². The highest BCUT2D eigenvalue weighted by molar-refractivity contribution is 4.94. The fraction of sp³-hybridized carbons (Fsp3) is 1.00. The summed E-state index contributed by atoms with van der Waals surface area (Å²) in [6.07, 6.45) is 6.91. The molecule has 1 saturated heterocycles. The summed E-state index contributed by atoms with van der Waals surface area (Å²) in [6.45, 7) is 9.82. The van der Waals surface area contributed by atoms with Crippen molar-refractivity contribution in [2.75, 3.05) is 32.8 Å². The van der Waals surface area contributed by atoms with Crippen LogP contribution in [0.5, 0.6) is 0 Å². The molecule has 0 bridgehead atoms. The molecule has 1 heterocycles. The van der Waals surface area contributed by atoms with Gasteiger partial charge in [0.1, 0.15) is 0 Å². The van der Waals surface area contributed by atoms with Crippen molar-refractivity contribution in [3.05, 3.63) is 0 Å². The van der Waals surface area contributed by atoms with Crippen molar-refractivity contribution in [2.24, 2.45) is 0 Å². The molecular formula is C14H28N2O. The molecule has 17 heavy (non-hydrogen) atoms. The van der Waals surface area contributed by atoms with Gasteiger partial charge in [-0.3, -0.25) is 4.90 Å². The van der Waals surface area contributed by atoms with Gasteiger partial charge in [0.05, 0.1) is 13.2 Å². The predicted molar refractivity (Wildman–Crippen MR) is 71.3 cm³/mol. The Kier molecular flexibility index (Phi) is 4.83. The minimum Gasteiger partial charge on any atom is -0.379 e. The lowest BCUT2D eigenvalue weighted by Crippen LogP contribution is -2.58. The van der Waals surface area contributed by atoms with Crippen LogP contribution in [0.15, 0.2) is 0 Å². The second kappa shape index (κ2) is 6.17. The van der Waals surface area contributed by atoms with Gasteiger partial charge >= 0.3 is 0 Å². The van der Waals surface area contributed by atoms with Gasteiger partial charge in [-0.1, -0.05) is 33.1 Å². The number of morpholine rings is 1. The third-order valence-electron chi connectivity index (χ3n) is 4.04. The summed E-state index contributed by atoms with van der Waals surface area (Å²) in [5, 5.41) is 3.86. The molecule has 0 aromatic carbocycles. The summed E-state index contributed by atoms with van der Waals surface area (Å²) in [7, 11) is 0. The van der Waals surface area contributed by atoms with E-state index in [1.807, 2.05) is 0 Å². The Morgan fingerprint density at radius 1 is 1.12 bits per heavy atom. The van der Waals surface area contributed by atoms with E-state index in [2.05, 4.69) is 24.1 Å². The zero-order valence-corrected chi connectivity index (χ0v) is 11.5. The molecule has 2 aliphatic rings. The molecule has 0 aromatic heterocycles. The van der Waals surface area contributed by atoms with Gasteiger partial charge in [0.2, 0.25) is 0 Å². The monoisotopic (exact) mass is 240 g/mol. The van der Waals surface area contributed by atoms with Crippen molar-refractivity contribution >= 4 is 0 Å².